The summed E-state index contributed by atoms with van der Waals surface area (Å²) >= 11 is 0. The van der Waals surface area contributed by atoms with Crippen LogP contribution in [0.1, 0.15) is 27.7 Å². The molecule has 0 bridgehead atoms. The lowest BCUT2D eigenvalue weighted by atomic mass is 10.2. The zero-order chi connectivity index (χ0) is 11.9. The van der Waals surface area contributed by atoms with Crippen LogP contribution in [0.25, 0.3) is 0 Å². The van der Waals surface area contributed by atoms with E-state index in [1.807, 2.05) is 13.8 Å². The van der Waals surface area contributed by atoms with E-state index in [4.69, 9.17) is 13.8 Å². The highest BCUT2D eigenvalue weighted by atomic mass is 31.2. The number of hydrogen-bond donors (Lipinski definition) is 0. The fraction of sp³-hybridized carbons (Fsp3) is 0.889. The van der Waals surface area contributed by atoms with Crippen molar-refractivity contribution < 1.29 is 23.1 Å². The fourth-order valence-electron chi connectivity index (χ4n) is 0.800. The minimum atomic E-state index is -3.73. The van der Waals surface area contributed by atoms with Crippen LogP contribution in [-0.2, 0) is 18.3 Å². The quantitative estimate of drug-likeness (QED) is 0.638. The van der Waals surface area contributed by atoms with Crippen molar-refractivity contribution in [1.82, 2.24) is 0 Å². The number of rotatable bonds is 7. The number of ether oxygens (including phenoxy) is 1. The summed E-state index contributed by atoms with van der Waals surface area (Å²) in [5.74, 6) is 0.186. The summed E-state index contributed by atoms with van der Waals surface area (Å²) in [6, 6.07) is 0. The average molecular weight is 238 g/mol. The van der Waals surface area contributed by atoms with Gasteiger partial charge in [0.15, 0.2) is 0 Å². The third kappa shape index (κ3) is 5.30. The Balaban J connectivity index is 4.35. The Kier molecular flexibility index (Phi) is 6.81. The number of carbonyl (C=O) groups excluding carboxylic acids is 1. The molecule has 0 saturated carbocycles. The third-order valence-electron chi connectivity index (χ3n) is 1.36. The highest BCUT2D eigenvalue weighted by Gasteiger charge is 2.36. The fourth-order valence-corrected chi connectivity index (χ4v) is 2.00. The maximum Gasteiger partial charge on any atom is 0.438 e. The van der Waals surface area contributed by atoms with Gasteiger partial charge in [-0.15, -0.1) is 0 Å². The molecule has 0 aromatic carbocycles. The Morgan fingerprint density at radius 1 is 1.20 bits per heavy atom. The summed E-state index contributed by atoms with van der Waals surface area (Å²) in [6.45, 7) is 7.56. The Hall–Kier alpha value is -0.380. The second kappa shape index (κ2) is 6.99. The van der Waals surface area contributed by atoms with Crippen molar-refractivity contribution in [3.05, 3.63) is 0 Å². The van der Waals surface area contributed by atoms with Gasteiger partial charge in [0.25, 0.3) is 0 Å². The first-order valence-corrected chi connectivity index (χ1v) is 6.57. The van der Waals surface area contributed by atoms with Crippen LogP contribution in [0, 0.1) is 5.92 Å². The van der Waals surface area contributed by atoms with E-state index in [1.54, 1.807) is 13.8 Å². The highest BCUT2D eigenvalue weighted by molar-refractivity contribution is 7.71. The maximum absolute atomic E-state index is 11.8. The minimum Gasteiger partial charge on any atom is -0.456 e. The molecule has 0 amide bonds. The van der Waals surface area contributed by atoms with Crippen molar-refractivity contribution >= 4 is 13.3 Å². The smallest absolute Gasteiger partial charge is 0.438 e. The summed E-state index contributed by atoms with van der Waals surface area (Å²) < 4.78 is 26.3. The first-order valence-electron chi connectivity index (χ1n) is 5.02. The van der Waals surface area contributed by atoms with E-state index in [1.165, 1.54) is 0 Å². The van der Waals surface area contributed by atoms with E-state index in [0.717, 1.165) is 0 Å². The maximum atomic E-state index is 11.8. The molecule has 15 heavy (non-hydrogen) atoms. The number of hydrogen-bond acceptors (Lipinski definition) is 5. The van der Waals surface area contributed by atoms with Crippen LogP contribution in [0.15, 0.2) is 0 Å². The van der Waals surface area contributed by atoms with Gasteiger partial charge in [-0.05, 0) is 19.8 Å². The molecule has 0 aliphatic heterocycles. The summed E-state index contributed by atoms with van der Waals surface area (Å²) in [5.41, 5.74) is -0.903. The highest BCUT2D eigenvalue weighted by Crippen LogP contribution is 2.49. The van der Waals surface area contributed by atoms with Gasteiger partial charge in [0.1, 0.15) is 0 Å². The monoisotopic (exact) mass is 238 g/mol. The van der Waals surface area contributed by atoms with Crippen molar-refractivity contribution in [2.45, 2.75) is 27.7 Å². The van der Waals surface area contributed by atoms with Crippen molar-refractivity contribution in [3.8, 4) is 0 Å². The standard InChI is InChI=1S/C9H19O5P/c1-5-13-15(11,14-6-2)9(10)12-7-8(3)4/h8H,5-7H2,1-4H3. The normalized spacial score (nSPS) is 11.8. The van der Waals surface area contributed by atoms with Crippen molar-refractivity contribution in [3.63, 3.8) is 0 Å². The molecular weight excluding hydrogens is 219 g/mol. The predicted molar refractivity (Wildman–Crippen MR) is 57.0 cm³/mol. The molecule has 0 aliphatic carbocycles. The van der Waals surface area contributed by atoms with E-state index < -0.39 is 13.3 Å². The van der Waals surface area contributed by atoms with Crippen LogP contribution >= 0.6 is 7.60 Å². The Morgan fingerprint density at radius 3 is 2.00 bits per heavy atom. The molecule has 0 atom stereocenters. The van der Waals surface area contributed by atoms with Crippen LogP contribution < -0.4 is 0 Å². The molecule has 0 saturated heterocycles. The molecule has 0 unspecified atom stereocenters. The lowest BCUT2D eigenvalue weighted by Gasteiger charge is -2.15. The van der Waals surface area contributed by atoms with Crippen molar-refractivity contribution in [2.75, 3.05) is 19.8 Å². The summed E-state index contributed by atoms with van der Waals surface area (Å²) in [6.07, 6.45) is 0. The molecule has 6 heteroatoms. The van der Waals surface area contributed by atoms with Gasteiger partial charge in [-0.2, -0.15) is 0 Å². The molecule has 0 aliphatic rings. The molecule has 0 heterocycles. The van der Waals surface area contributed by atoms with Gasteiger partial charge in [-0.25, -0.2) is 9.36 Å². The van der Waals surface area contributed by atoms with E-state index in [0.29, 0.717) is 0 Å². The molecule has 5 nitrogen and oxygen atoms in total. The Labute approximate surface area is 90.6 Å². The van der Waals surface area contributed by atoms with Crippen LogP contribution in [0.4, 0.5) is 4.79 Å². The minimum absolute atomic E-state index is 0.147. The molecule has 90 valence electrons. The second-order valence-electron chi connectivity index (χ2n) is 3.30. The first kappa shape index (κ1) is 14.6. The first-order chi connectivity index (χ1) is 6.96. The van der Waals surface area contributed by atoms with Gasteiger partial charge in [-0.1, -0.05) is 13.8 Å². The lowest BCUT2D eigenvalue weighted by molar-refractivity contribution is 0.137. The summed E-state index contributed by atoms with van der Waals surface area (Å²) in [7, 11) is -3.73. The largest absolute Gasteiger partial charge is 0.456 e. The van der Waals surface area contributed by atoms with Gasteiger partial charge in [-0.3, -0.25) is 0 Å². The van der Waals surface area contributed by atoms with Crippen LogP contribution in [0.2, 0.25) is 0 Å². The molecule has 0 N–H and O–H groups in total. The van der Waals surface area contributed by atoms with Crippen LogP contribution in [0.5, 0.6) is 0 Å². The molecular formula is C9H19O5P. The van der Waals surface area contributed by atoms with Gasteiger partial charge in [0.2, 0.25) is 0 Å². The topological polar surface area (TPSA) is 61.8 Å². The molecule has 0 fully saturated rings. The predicted octanol–water partition coefficient (Wildman–Crippen LogP) is 3.05. The van der Waals surface area contributed by atoms with Gasteiger partial charge in [0.05, 0.1) is 19.8 Å². The molecule has 0 rings (SSSR count). The second-order valence-corrected chi connectivity index (χ2v) is 5.18. The van der Waals surface area contributed by atoms with Gasteiger partial charge >= 0.3 is 13.3 Å². The van der Waals surface area contributed by atoms with E-state index in [-0.39, 0.29) is 25.7 Å². The van der Waals surface area contributed by atoms with E-state index in [9.17, 15) is 9.36 Å². The average Bonchev–Trinajstić information content (AvgIpc) is 2.14. The van der Waals surface area contributed by atoms with Gasteiger partial charge < -0.3 is 13.8 Å². The summed E-state index contributed by atoms with van der Waals surface area (Å²) in [4.78, 5) is 11.4. The van der Waals surface area contributed by atoms with E-state index >= 15 is 0 Å². The molecule has 0 spiro atoms. The summed E-state index contributed by atoms with van der Waals surface area (Å²) in [5, 5.41) is 0. The molecule has 0 radical (unpaired) electrons. The third-order valence-corrected chi connectivity index (χ3v) is 3.13. The zero-order valence-corrected chi connectivity index (χ0v) is 10.6. The Morgan fingerprint density at radius 2 is 1.67 bits per heavy atom. The van der Waals surface area contributed by atoms with Gasteiger partial charge in [0, 0.05) is 0 Å². The SMILES string of the molecule is CCOP(=O)(OCC)C(=O)OCC(C)C. The number of carbonyl (C=O) groups is 1. The molecule has 0 aromatic rings. The van der Waals surface area contributed by atoms with E-state index in [2.05, 4.69) is 0 Å². The van der Waals surface area contributed by atoms with Crippen molar-refractivity contribution in [2.24, 2.45) is 5.92 Å². The Bertz CT molecular complexity index is 229. The van der Waals surface area contributed by atoms with Crippen LogP contribution in [0.3, 0.4) is 0 Å². The van der Waals surface area contributed by atoms with Crippen LogP contribution in [-0.4, -0.2) is 25.5 Å². The zero-order valence-electron chi connectivity index (χ0n) is 9.69. The van der Waals surface area contributed by atoms with Crippen molar-refractivity contribution in [1.29, 1.82) is 0 Å². The lowest BCUT2D eigenvalue weighted by Crippen LogP contribution is -2.12. The molecule has 0 aromatic heterocycles.